The van der Waals surface area contributed by atoms with Crippen LogP contribution in [0.2, 0.25) is 0 Å². The van der Waals surface area contributed by atoms with Crippen molar-refractivity contribution in [2.75, 3.05) is 6.54 Å². The standard InChI is InChI=1S/C44H80N10O11/c1-8-25(3)34-39(60)52-35(26(4)9-2)40(61)54-36(28(6)55)41(62)50-31(21-22-32(45)57)38(59)49-27(5)43(64)65-29(7)37(42(63)53-34)51-33(58)24-30(56)20-18-16-14-12-10-11-13-15-17-19-23-48-44(46)47/h25-31,34-37,55-56H,8-24H2,1-7H3,(H2,45,57)(H,49,59)(H,50,62)(H,51,58)(H,52,60)(H,53,63)(H,54,61)(H4,46,47,48)/t25-,26-,27-,28-,29-,30?,31-,34-,35?,36-,37?/m1/s1. The summed E-state index contributed by atoms with van der Waals surface area (Å²) in [6.07, 6.45) is 6.20. The molecule has 0 aromatic heterocycles. The van der Waals surface area contributed by atoms with Crippen molar-refractivity contribution in [2.24, 2.45) is 34.0 Å². The van der Waals surface area contributed by atoms with Crippen LogP contribution in [0, 0.1) is 11.8 Å². The van der Waals surface area contributed by atoms with E-state index in [1.807, 2.05) is 0 Å². The zero-order valence-corrected chi connectivity index (χ0v) is 39.6. The molecular weight excluding hydrogens is 845 g/mol. The fraction of sp³-hybridized carbons (Fsp3) is 0.795. The van der Waals surface area contributed by atoms with Crippen molar-refractivity contribution in [3.05, 3.63) is 0 Å². The molecule has 0 aromatic carbocycles. The number of nitrogens with two attached hydrogens (primary N) is 3. The monoisotopic (exact) mass is 925 g/mol. The van der Waals surface area contributed by atoms with Gasteiger partial charge in [0.05, 0.1) is 18.6 Å². The molecule has 11 atom stereocenters. The van der Waals surface area contributed by atoms with Crippen molar-refractivity contribution < 1.29 is 53.3 Å². The number of hydrogen-bond acceptors (Lipinski definition) is 12. The number of aliphatic imine (C=N–C) groups is 1. The summed E-state index contributed by atoms with van der Waals surface area (Å²) >= 11 is 0. The molecule has 0 saturated carbocycles. The molecule has 1 rings (SSSR count). The lowest BCUT2D eigenvalue weighted by Crippen LogP contribution is -2.63. The van der Waals surface area contributed by atoms with Crippen LogP contribution in [0.1, 0.15) is 151 Å². The summed E-state index contributed by atoms with van der Waals surface area (Å²) in [4.78, 5) is 112. The Balaban J connectivity index is 3.30. The lowest BCUT2D eigenvalue weighted by atomic mass is 9.94. The average Bonchev–Trinajstić information content (AvgIpc) is 3.24. The van der Waals surface area contributed by atoms with Gasteiger partial charge in [0.25, 0.3) is 0 Å². The van der Waals surface area contributed by atoms with Gasteiger partial charge in [-0.25, -0.2) is 4.79 Å². The Labute approximate surface area is 384 Å². The van der Waals surface area contributed by atoms with E-state index in [0.29, 0.717) is 32.2 Å². The number of ether oxygens (including phenoxy) is 1. The number of nitrogens with zero attached hydrogens (tertiary/aromatic N) is 1. The van der Waals surface area contributed by atoms with E-state index in [2.05, 4.69) is 36.9 Å². The predicted octanol–water partition coefficient (Wildman–Crippen LogP) is -0.0856. The largest absolute Gasteiger partial charge is 0.458 e. The first-order chi connectivity index (χ1) is 30.6. The van der Waals surface area contributed by atoms with E-state index in [9.17, 15) is 48.6 Å². The van der Waals surface area contributed by atoms with Gasteiger partial charge in [-0.1, -0.05) is 98.3 Å². The Kier molecular flexibility index (Phi) is 27.6. The number of carbonyl (C=O) groups is 8. The Morgan fingerprint density at radius 1 is 0.677 bits per heavy atom. The molecule has 0 radical (unpaired) electrons. The fourth-order valence-electron chi connectivity index (χ4n) is 7.14. The summed E-state index contributed by atoms with van der Waals surface area (Å²) in [5.74, 6) is -7.97. The van der Waals surface area contributed by atoms with E-state index in [1.54, 1.807) is 27.7 Å². The molecule has 0 aromatic rings. The normalized spacial score (nSPS) is 24.7. The van der Waals surface area contributed by atoms with Gasteiger partial charge in [0, 0.05) is 13.0 Å². The summed E-state index contributed by atoms with van der Waals surface area (Å²) in [7, 11) is 0. The van der Waals surface area contributed by atoms with Gasteiger partial charge in [0.15, 0.2) is 5.96 Å². The van der Waals surface area contributed by atoms with Crippen molar-refractivity contribution in [2.45, 2.75) is 206 Å². The Hall–Kier alpha value is -5.05. The Morgan fingerprint density at radius 3 is 1.65 bits per heavy atom. The summed E-state index contributed by atoms with van der Waals surface area (Å²) < 4.78 is 5.60. The van der Waals surface area contributed by atoms with E-state index in [0.717, 1.165) is 57.8 Å². The van der Waals surface area contributed by atoms with Crippen LogP contribution < -0.4 is 49.1 Å². The van der Waals surface area contributed by atoms with Gasteiger partial charge in [0.2, 0.25) is 41.4 Å². The molecule has 1 fully saturated rings. The first kappa shape index (κ1) is 58.0. The SMILES string of the molecule is CC[C@@H](C)C1NC(=O)[C@@H]([C@H](C)CC)NC(=O)C(NC(=O)CC(O)CCCCCCCCCCCCN=C(N)N)[C@@H](C)OC(=O)[C@@H](C)NC(=O)[C@@H](CCC(N)=O)NC(=O)[C@@H]([C@@H](C)O)NC1=O. The molecule has 1 aliphatic rings. The maximum atomic E-state index is 14.1. The highest BCUT2D eigenvalue weighted by Crippen LogP contribution is 2.16. The zero-order chi connectivity index (χ0) is 49.2. The number of carbonyl (C=O) groups excluding carboxylic acids is 8. The van der Waals surface area contributed by atoms with Crippen LogP contribution in [0.15, 0.2) is 4.99 Å². The first-order valence-electron chi connectivity index (χ1n) is 23.3. The molecule has 0 aliphatic carbocycles. The zero-order valence-electron chi connectivity index (χ0n) is 39.6. The number of cyclic esters (lactones) is 1. The number of nitrogens with one attached hydrogen (secondary N) is 6. The smallest absolute Gasteiger partial charge is 0.328 e. The molecule has 21 heteroatoms. The summed E-state index contributed by atoms with van der Waals surface area (Å²) in [6, 6.07) is -8.67. The molecule has 21 nitrogen and oxygen atoms in total. The number of amides is 7. The highest BCUT2D eigenvalue weighted by molar-refractivity contribution is 5.97. The maximum absolute atomic E-state index is 14.1. The minimum atomic E-state index is -1.64. The lowest BCUT2D eigenvalue weighted by molar-refractivity contribution is -0.155. The predicted molar refractivity (Wildman–Crippen MR) is 244 cm³/mol. The fourth-order valence-corrected chi connectivity index (χ4v) is 7.14. The second kappa shape index (κ2) is 31.0. The topological polar surface area (TPSA) is 349 Å². The molecule has 372 valence electrons. The minimum absolute atomic E-state index is 0.113. The molecule has 7 amide bonds. The van der Waals surface area contributed by atoms with Gasteiger partial charge in [-0.2, -0.15) is 0 Å². The van der Waals surface area contributed by atoms with Crippen LogP contribution in [0.3, 0.4) is 0 Å². The van der Waals surface area contributed by atoms with E-state index in [1.165, 1.54) is 20.8 Å². The summed E-state index contributed by atoms with van der Waals surface area (Å²) in [5.41, 5.74) is 16.0. The molecule has 14 N–H and O–H groups in total. The number of esters is 1. The van der Waals surface area contributed by atoms with Crippen LogP contribution in [-0.2, 0) is 43.1 Å². The van der Waals surface area contributed by atoms with Gasteiger partial charge in [-0.05, 0) is 51.9 Å². The van der Waals surface area contributed by atoms with Crippen molar-refractivity contribution in [1.82, 2.24) is 31.9 Å². The Morgan fingerprint density at radius 2 is 1.15 bits per heavy atom. The molecular formula is C44H80N10O11. The molecule has 0 bridgehead atoms. The van der Waals surface area contributed by atoms with E-state index in [4.69, 9.17) is 21.9 Å². The third-order valence-electron chi connectivity index (χ3n) is 11.7. The number of aliphatic hydroxyl groups is 2. The third kappa shape index (κ3) is 22.6. The molecule has 0 spiro atoms. The number of rotatable bonds is 24. The van der Waals surface area contributed by atoms with Crippen molar-refractivity contribution in [3.8, 4) is 0 Å². The van der Waals surface area contributed by atoms with E-state index < -0.39 is 114 Å². The van der Waals surface area contributed by atoms with Crippen LogP contribution in [0.25, 0.3) is 0 Å². The number of hydrogen-bond donors (Lipinski definition) is 11. The highest BCUT2D eigenvalue weighted by atomic mass is 16.5. The summed E-state index contributed by atoms with van der Waals surface area (Å²) in [6.45, 7) is 11.4. The van der Waals surface area contributed by atoms with Crippen LogP contribution in [0.5, 0.6) is 0 Å². The number of aliphatic hydroxyl groups excluding tert-OH is 2. The van der Waals surface area contributed by atoms with Crippen LogP contribution in [-0.4, -0.2) is 125 Å². The highest BCUT2D eigenvalue weighted by Gasteiger charge is 2.39. The van der Waals surface area contributed by atoms with Gasteiger partial charge in [0.1, 0.15) is 42.4 Å². The van der Waals surface area contributed by atoms with Crippen molar-refractivity contribution >= 4 is 53.3 Å². The second-order valence-electron chi connectivity index (χ2n) is 17.4. The van der Waals surface area contributed by atoms with Crippen molar-refractivity contribution in [1.29, 1.82) is 0 Å². The molecule has 65 heavy (non-hydrogen) atoms. The first-order valence-corrected chi connectivity index (χ1v) is 23.3. The molecule has 1 aliphatic heterocycles. The molecule has 3 unspecified atom stereocenters. The van der Waals surface area contributed by atoms with Gasteiger partial charge in [-0.3, -0.25) is 38.6 Å². The lowest BCUT2D eigenvalue weighted by Gasteiger charge is -2.32. The number of guanidine groups is 1. The van der Waals surface area contributed by atoms with Gasteiger partial charge in [-0.15, -0.1) is 0 Å². The van der Waals surface area contributed by atoms with Crippen LogP contribution in [0.4, 0.5) is 0 Å². The van der Waals surface area contributed by atoms with Gasteiger partial charge >= 0.3 is 5.97 Å². The number of primary amides is 1. The molecule has 1 heterocycles. The summed E-state index contributed by atoms with van der Waals surface area (Å²) in [5, 5.41) is 36.6. The number of unbranched alkanes of at least 4 members (excludes halogenated alkanes) is 9. The van der Waals surface area contributed by atoms with E-state index in [-0.39, 0.29) is 25.2 Å². The quantitative estimate of drug-likeness (QED) is 0.0261. The van der Waals surface area contributed by atoms with E-state index >= 15 is 0 Å². The van der Waals surface area contributed by atoms with Crippen LogP contribution >= 0.6 is 0 Å². The maximum Gasteiger partial charge on any atom is 0.328 e. The third-order valence-corrected chi connectivity index (χ3v) is 11.7. The van der Waals surface area contributed by atoms with Gasteiger partial charge < -0.3 is 64.1 Å². The average molecular weight is 925 g/mol. The Bertz CT molecular complexity index is 1580. The van der Waals surface area contributed by atoms with Crippen molar-refractivity contribution in [3.63, 3.8) is 0 Å². The minimum Gasteiger partial charge on any atom is -0.458 e. The molecule has 1 saturated heterocycles. The second-order valence-corrected chi connectivity index (χ2v) is 17.4.